The summed E-state index contributed by atoms with van der Waals surface area (Å²) in [7, 11) is 0. The molecule has 52 heavy (non-hydrogen) atoms. The number of para-hydroxylation sites is 1. The van der Waals surface area contributed by atoms with Crippen LogP contribution in [0.1, 0.15) is 40.4 Å². The molecule has 248 valence electrons. The minimum absolute atomic E-state index is 0.135. The molecular formula is C50H37NO. The predicted molar refractivity (Wildman–Crippen MR) is 218 cm³/mol. The molecule has 0 saturated heterocycles. The number of furan rings is 1. The number of anilines is 3. The zero-order valence-corrected chi connectivity index (χ0v) is 28.8. The standard InChI is InChI=1S/C50H37NO/c1-3-14-34(15-4-1)38-20-11-21-40(32-38)51(48-27-12-19-35-18-7-8-22-41(35)48)39-30-28-37(29-31-39)46-33-47-45-26-13-25-42(36-16-5-2-6-17-36)49(45)52-50(47)44-24-10-9-23-43(44)46/h1-6,8-17,19-33,43-44H,7,18H2. The first kappa shape index (κ1) is 30.4. The Labute approximate surface area is 305 Å². The molecule has 2 heteroatoms. The maximum absolute atomic E-state index is 6.82. The number of aryl methyl sites for hydroxylation is 1. The second-order valence-corrected chi connectivity index (χ2v) is 13.9. The fraction of sp³-hybridized carbons (Fsp3) is 0.0800. The molecule has 6 aromatic carbocycles. The van der Waals surface area contributed by atoms with Crippen molar-refractivity contribution in [2.24, 2.45) is 5.92 Å². The summed E-state index contributed by atoms with van der Waals surface area (Å²) in [5.41, 5.74) is 15.6. The Morgan fingerprint density at radius 3 is 2.12 bits per heavy atom. The Morgan fingerprint density at radius 2 is 1.29 bits per heavy atom. The smallest absolute Gasteiger partial charge is 0.142 e. The topological polar surface area (TPSA) is 16.4 Å². The Bertz CT molecular complexity index is 2570. The maximum Gasteiger partial charge on any atom is 0.142 e. The SMILES string of the molecule is C1=CC2C(c3ccc(N(c4cccc(-c5ccccc5)c4)c4cccc5c4C=CCC5)cc3)=Cc3c(oc4c(-c5ccccc5)cccc34)C2C=C1. The first-order chi connectivity index (χ1) is 25.8. The van der Waals surface area contributed by atoms with Crippen LogP contribution in [0.2, 0.25) is 0 Å². The summed E-state index contributed by atoms with van der Waals surface area (Å²) in [5, 5.41) is 1.17. The van der Waals surface area contributed by atoms with Crippen molar-refractivity contribution in [1.29, 1.82) is 0 Å². The van der Waals surface area contributed by atoms with Gasteiger partial charge in [-0.2, -0.15) is 0 Å². The lowest BCUT2D eigenvalue weighted by Gasteiger charge is -2.31. The maximum atomic E-state index is 6.82. The molecule has 0 saturated carbocycles. The summed E-state index contributed by atoms with van der Waals surface area (Å²) in [5.74, 6) is 1.38. The quantitative estimate of drug-likeness (QED) is 0.175. The summed E-state index contributed by atoms with van der Waals surface area (Å²) in [6.07, 6.45) is 18.1. The number of benzene rings is 6. The number of nitrogens with zero attached hydrogens (tertiary/aromatic N) is 1. The van der Waals surface area contributed by atoms with Gasteiger partial charge < -0.3 is 9.32 Å². The van der Waals surface area contributed by atoms with E-state index in [1.807, 2.05) is 0 Å². The first-order valence-corrected chi connectivity index (χ1v) is 18.3. The average Bonchev–Trinajstić information content (AvgIpc) is 3.61. The van der Waals surface area contributed by atoms with Crippen LogP contribution in [0, 0.1) is 5.92 Å². The van der Waals surface area contributed by atoms with Gasteiger partial charge in [0.25, 0.3) is 0 Å². The van der Waals surface area contributed by atoms with Crippen LogP contribution < -0.4 is 4.90 Å². The Morgan fingerprint density at radius 1 is 0.558 bits per heavy atom. The van der Waals surface area contributed by atoms with E-state index in [1.165, 1.54) is 55.6 Å². The molecule has 2 atom stereocenters. The average molecular weight is 668 g/mol. The van der Waals surface area contributed by atoms with Gasteiger partial charge in [-0.15, -0.1) is 0 Å². The predicted octanol–water partition coefficient (Wildman–Crippen LogP) is 13.6. The van der Waals surface area contributed by atoms with Gasteiger partial charge in [-0.1, -0.05) is 152 Å². The monoisotopic (exact) mass is 667 g/mol. The van der Waals surface area contributed by atoms with E-state index in [2.05, 4.69) is 193 Å². The molecule has 10 rings (SSSR count). The van der Waals surface area contributed by atoms with E-state index >= 15 is 0 Å². The van der Waals surface area contributed by atoms with Crippen molar-refractivity contribution in [3.05, 3.63) is 204 Å². The van der Waals surface area contributed by atoms with Gasteiger partial charge in [0.2, 0.25) is 0 Å². The molecule has 0 spiro atoms. The van der Waals surface area contributed by atoms with Crippen molar-refractivity contribution in [1.82, 2.24) is 0 Å². The summed E-state index contributed by atoms with van der Waals surface area (Å²) in [4.78, 5) is 2.43. The Kier molecular flexibility index (Phi) is 7.46. The van der Waals surface area contributed by atoms with E-state index in [4.69, 9.17) is 4.42 Å². The third kappa shape index (κ3) is 5.18. The Hall–Kier alpha value is -6.38. The lowest BCUT2D eigenvalue weighted by atomic mass is 9.73. The van der Waals surface area contributed by atoms with E-state index in [-0.39, 0.29) is 11.8 Å². The van der Waals surface area contributed by atoms with E-state index in [0.717, 1.165) is 41.1 Å². The molecular weight excluding hydrogens is 631 g/mol. The van der Waals surface area contributed by atoms with E-state index in [1.54, 1.807) is 0 Å². The molecule has 0 radical (unpaired) electrons. The minimum atomic E-state index is 0.135. The molecule has 0 bridgehead atoms. The molecule has 3 aliphatic carbocycles. The van der Waals surface area contributed by atoms with Gasteiger partial charge >= 0.3 is 0 Å². The van der Waals surface area contributed by atoms with Gasteiger partial charge in [0.15, 0.2) is 0 Å². The van der Waals surface area contributed by atoms with Crippen LogP contribution in [-0.2, 0) is 6.42 Å². The lowest BCUT2D eigenvalue weighted by Crippen LogP contribution is -2.17. The van der Waals surface area contributed by atoms with Crippen LogP contribution in [0.25, 0.3) is 50.9 Å². The minimum Gasteiger partial charge on any atom is -0.459 e. The van der Waals surface area contributed by atoms with Gasteiger partial charge in [0, 0.05) is 45.3 Å². The van der Waals surface area contributed by atoms with Crippen molar-refractivity contribution in [3.63, 3.8) is 0 Å². The Balaban J connectivity index is 1.09. The van der Waals surface area contributed by atoms with Crippen LogP contribution in [0.5, 0.6) is 0 Å². The number of rotatable bonds is 6. The fourth-order valence-corrected chi connectivity index (χ4v) is 8.41. The second kappa shape index (κ2) is 12.7. The highest BCUT2D eigenvalue weighted by Crippen LogP contribution is 2.50. The van der Waals surface area contributed by atoms with Crippen LogP contribution >= 0.6 is 0 Å². The molecule has 2 unspecified atom stereocenters. The zero-order chi connectivity index (χ0) is 34.4. The van der Waals surface area contributed by atoms with Crippen LogP contribution in [-0.4, -0.2) is 0 Å². The molecule has 7 aromatic rings. The van der Waals surface area contributed by atoms with Gasteiger partial charge in [0.05, 0.1) is 5.69 Å². The van der Waals surface area contributed by atoms with E-state index in [9.17, 15) is 0 Å². The molecule has 2 nitrogen and oxygen atoms in total. The molecule has 3 aliphatic rings. The normalized spacial score (nSPS) is 17.0. The molecule has 1 aromatic heterocycles. The number of hydrogen-bond donors (Lipinski definition) is 0. The van der Waals surface area contributed by atoms with Crippen molar-refractivity contribution in [2.45, 2.75) is 18.8 Å². The molecule has 0 N–H and O–H groups in total. The zero-order valence-electron chi connectivity index (χ0n) is 28.8. The fourth-order valence-electron chi connectivity index (χ4n) is 8.41. The van der Waals surface area contributed by atoms with Crippen molar-refractivity contribution in [3.8, 4) is 22.3 Å². The van der Waals surface area contributed by atoms with Crippen LogP contribution in [0.4, 0.5) is 17.1 Å². The largest absolute Gasteiger partial charge is 0.459 e. The summed E-state index contributed by atoms with van der Waals surface area (Å²) >= 11 is 0. The molecule has 1 heterocycles. The molecule has 0 aliphatic heterocycles. The second-order valence-electron chi connectivity index (χ2n) is 13.9. The third-order valence-electron chi connectivity index (χ3n) is 10.9. The molecule has 0 amide bonds. The highest BCUT2D eigenvalue weighted by molar-refractivity contribution is 6.03. The highest BCUT2D eigenvalue weighted by atomic mass is 16.3. The number of fused-ring (bicyclic) bond motifs is 6. The van der Waals surface area contributed by atoms with Crippen molar-refractivity contribution < 1.29 is 4.42 Å². The van der Waals surface area contributed by atoms with Gasteiger partial charge in [0.1, 0.15) is 11.3 Å². The third-order valence-corrected chi connectivity index (χ3v) is 10.9. The van der Waals surface area contributed by atoms with E-state index in [0.29, 0.717) is 0 Å². The van der Waals surface area contributed by atoms with Gasteiger partial charge in [-0.25, -0.2) is 0 Å². The van der Waals surface area contributed by atoms with Crippen LogP contribution in [0.3, 0.4) is 0 Å². The first-order valence-electron chi connectivity index (χ1n) is 18.3. The molecule has 0 fully saturated rings. The van der Waals surface area contributed by atoms with Gasteiger partial charge in [-0.05, 0) is 82.6 Å². The lowest BCUT2D eigenvalue weighted by molar-refractivity contribution is 0.497. The number of allylic oxidation sites excluding steroid dienone is 6. The summed E-state index contributed by atoms with van der Waals surface area (Å²) in [6, 6.07) is 52.7. The van der Waals surface area contributed by atoms with Crippen molar-refractivity contribution >= 4 is 45.8 Å². The number of hydrogen-bond acceptors (Lipinski definition) is 2. The van der Waals surface area contributed by atoms with Gasteiger partial charge in [-0.3, -0.25) is 0 Å². The van der Waals surface area contributed by atoms with Crippen molar-refractivity contribution in [2.75, 3.05) is 4.90 Å². The van der Waals surface area contributed by atoms with Crippen LogP contribution in [0.15, 0.2) is 180 Å². The van der Waals surface area contributed by atoms with E-state index < -0.39 is 0 Å². The summed E-state index contributed by atoms with van der Waals surface area (Å²) in [6.45, 7) is 0. The highest BCUT2D eigenvalue weighted by Gasteiger charge is 2.35. The summed E-state index contributed by atoms with van der Waals surface area (Å²) < 4.78 is 6.82.